The van der Waals surface area contributed by atoms with Crippen molar-refractivity contribution in [1.29, 1.82) is 0 Å². The minimum absolute atomic E-state index is 0.0230. The molecule has 12 heavy (non-hydrogen) atoms. The Balaban J connectivity index is 2.93. The van der Waals surface area contributed by atoms with Crippen LogP contribution in [-0.4, -0.2) is 14.7 Å². The molecule has 0 saturated heterocycles. The van der Waals surface area contributed by atoms with Gasteiger partial charge in [0.05, 0.1) is 5.75 Å². The molecule has 1 rings (SSSR count). The number of hydrogen-bond acceptors (Lipinski definition) is 3. The minimum atomic E-state index is -2.42. The van der Waals surface area contributed by atoms with Crippen LogP contribution in [0.15, 0.2) is 24.3 Å². The van der Waals surface area contributed by atoms with Gasteiger partial charge in [0.15, 0.2) is 0 Å². The highest BCUT2D eigenvalue weighted by Gasteiger charge is 1.95. The van der Waals surface area contributed by atoms with Gasteiger partial charge in [-0.1, -0.05) is 18.2 Å². The van der Waals surface area contributed by atoms with Crippen LogP contribution in [0.25, 0.3) is 0 Å². The quantitative estimate of drug-likeness (QED) is 0.684. The topological polar surface area (TPSA) is 51.2 Å². The lowest BCUT2D eigenvalue weighted by molar-refractivity contribution is 0.562. The average molecular weight is 183 g/mol. The van der Waals surface area contributed by atoms with Crippen molar-refractivity contribution in [2.24, 2.45) is 0 Å². The third-order valence-electron chi connectivity index (χ3n) is 1.36. The molecule has 0 unspecified atom stereocenters. The van der Waals surface area contributed by atoms with Gasteiger partial charge in [-0.3, -0.25) is 4.79 Å². The normalized spacial score (nSPS) is 10.1. The van der Waals surface area contributed by atoms with Crippen molar-refractivity contribution in [2.75, 3.05) is 0 Å². The molecule has 0 aromatic heterocycles. The van der Waals surface area contributed by atoms with Crippen molar-refractivity contribution >= 4 is 17.0 Å². The van der Waals surface area contributed by atoms with Gasteiger partial charge in [-0.05, 0) is 11.6 Å². The second-order valence-corrected chi connectivity index (χ2v) is 3.27. The summed E-state index contributed by atoms with van der Waals surface area (Å²) in [5, 5.41) is 0. The number of benzene rings is 1. The van der Waals surface area contributed by atoms with E-state index < -0.39 is 10.7 Å². The van der Waals surface area contributed by atoms with Crippen molar-refractivity contribution in [3.05, 3.63) is 35.4 Å². The molecule has 0 atom stereocenters. The van der Waals surface area contributed by atoms with E-state index in [1.54, 1.807) is 24.5 Å². The monoisotopic (exact) mass is 183 g/mol. The predicted molar refractivity (Wildman–Crippen MR) is 45.3 cm³/mol. The van der Waals surface area contributed by atoms with E-state index in [0.717, 1.165) is 0 Å². The van der Waals surface area contributed by atoms with Crippen LogP contribution in [0.3, 0.4) is 0 Å². The van der Waals surface area contributed by atoms with Crippen LogP contribution < -0.4 is 0 Å². The first-order chi connectivity index (χ1) is 5.72. The van der Waals surface area contributed by atoms with Crippen molar-refractivity contribution in [1.82, 2.24) is 0 Å². The Morgan fingerprint density at radius 1 is 1.33 bits per heavy atom. The lowest BCUT2D eigenvalue weighted by Crippen LogP contribution is -1.88. The fourth-order valence-electron chi connectivity index (χ4n) is 0.882. The molecule has 1 aromatic carbocycles. The molecule has 0 amide bonds. The number of rotatable bonds is 3. The molecule has 0 saturated carbocycles. The maximum atomic E-state index is 10.3. The van der Waals surface area contributed by atoms with Crippen molar-refractivity contribution in [3.8, 4) is 0 Å². The molecule has 63 valence electrons. The molecular formula is C8H7O3S. The molecule has 0 aliphatic rings. The van der Waals surface area contributed by atoms with Crippen LogP contribution >= 0.6 is 0 Å². The first-order valence-corrected chi connectivity index (χ1v) is 4.67. The first-order valence-electron chi connectivity index (χ1n) is 3.31. The van der Waals surface area contributed by atoms with Gasteiger partial charge in [0, 0.05) is 5.56 Å². The summed E-state index contributed by atoms with van der Waals surface area (Å²) in [6.07, 6.45) is 1.69. The van der Waals surface area contributed by atoms with E-state index in [9.17, 15) is 13.2 Å². The van der Waals surface area contributed by atoms with Crippen LogP contribution in [0.4, 0.5) is 0 Å². The van der Waals surface area contributed by atoms with Crippen LogP contribution in [0, 0.1) is 0 Å². The molecule has 3 nitrogen and oxygen atoms in total. The van der Waals surface area contributed by atoms with Gasteiger partial charge in [0.1, 0.15) is 10.7 Å². The second kappa shape index (κ2) is 4.01. The third kappa shape index (κ3) is 2.47. The molecule has 0 heterocycles. The summed E-state index contributed by atoms with van der Waals surface area (Å²) in [4.78, 5) is 10.2. The first kappa shape index (κ1) is 8.93. The average Bonchev–Trinajstić information content (AvgIpc) is 2.03. The summed E-state index contributed by atoms with van der Waals surface area (Å²) >= 11 is 0. The van der Waals surface area contributed by atoms with Crippen molar-refractivity contribution in [2.45, 2.75) is 5.75 Å². The van der Waals surface area contributed by atoms with Gasteiger partial charge in [-0.25, -0.2) is 8.42 Å². The Labute approximate surface area is 72.0 Å². The maximum Gasteiger partial charge on any atom is 0.233 e. The van der Waals surface area contributed by atoms with Crippen LogP contribution in [0.5, 0.6) is 0 Å². The summed E-state index contributed by atoms with van der Waals surface area (Å²) < 4.78 is 20.6. The lowest BCUT2D eigenvalue weighted by Gasteiger charge is -1.94. The van der Waals surface area contributed by atoms with Gasteiger partial charge in [-0.2, -0.15) is 0 Å². The Morgan fingerprint density at radius 3 is 2.67 bits per heavy atom. The highest BCUT2D eigenvalue weighted by Crippen LogP contribution is 2.03. The molecule has 0 aliphatic heterocycles. The van der Waals surface area contributed by atoms with E-state index in [4.69, 9.17) is 0 Å². The minimum Gasteiger partial charge on any atom is -0.285 e. The fraction of sp³-hybridized carbons (Fsp3) is 0.125. The zero-order valence-electron chi connectivity index (χ0n) is 6.19. The van der Waals surface area contributed by atoms with Gasteiger partial charge >= 0.3 is 0 Å². The summed E-state index contributed by atoms with van der Waals surface area (Å²) in [5.41, 5.74) is 0.997. The molecule has 1 radical (unpaired) electrons. The van der Waals surface area contributed by atoms with E-state index in [1.807, 2.05) is 0 Å². The summed E-state index contributed by atoms with van der Waals surface area (Å²) in [5.74, 6) is -0.0230. The number of thiol groups is 1. The third-order valence-corrected chi connectivity index (χ3v) is 1.98. The predicted octanol–water partition coefficient (Wildman–Crippen LogP) is 0.256. The molecular weight excluding hydrogens is 176 g/mol. The Hall–Kier alpha value is -1.16. The molecule has 0 bridgehead atoms. The van der Waals surface area contributed by atoms with Crippen LogP contribution in [0.1, 0.15) is 11.1 Å². The Morgan fingerprint density at radius 2 is 2.08 bits per heavy atom. The van der Waals surface area contributed by atoms with Crippen molar-refractivity contribution < 1.29 is 13.2 Å². The second-order valence-electron chi connectivity index (χ2n) is 2.29. The highest BCUT2D eigenvalue weighted by molar-refractivity contribution is 7.71. The van der Waals surface area contributed by atoms with Gasteiger partial charge in [0.25, 0.3) is 0 Å². The van der Waals surface area contributed by atoms with Gasteiger partial charge < -0.3 is 0 Å². The molecule has 4 heteroatoms. The summed E-state index contributed by atoms with van der Waals surface area (Å²) in [6.45, 7) is 0. The standard InChI is InChI=1S/C8H7O3S/c9-5-7-2-1-3-8(4-7)6-12(10)11/h1-4,12H,6H2. The highest BCUT2D eigenvalue weighted by atomic mass is 32.2. The van der Waals surface area contributed by atoms with Crippen LogP contribution in [-0.2, 0) is 21.3 Å². The van der Waals surface area contributed by atoms with E-state index in [0.29, 0.717) is 11.1 Å². The van der Waals surface area contributed by atoms with Gasteiger partial charge in [0.2, 0.25) is 6.29 Å². The van der Waals surface area contributed by atoms with E-state index in [1.165, 1.54) is 6.07 Å². The van der Waals surface area contributed by atoms with E-state index in [2.05, 4.69) is 0 Å². The fourth-order valence-corrected chi connectivity index (χ4v) is 1.38. The Bertz CT molecular complexity index is 347. The smallest absolute Gasteiger partial charge is 0.233 e. The molecule has 1 aromatic rings. The lowest BCUT2D eigenvalue weighted by atomic mass is 10.2. The summed E-state index contributed by atoms with van der Waals surface area (Å²) in [7, 11) is -2.42. The SMILES string of the molecule is O=[C]c1cccc(C[SH](=O)=O)c1. The Kier molecular flexibility index (Phi) is 2.99. The number of carbonyl (C=O) groups excluding carboxylic acids is 1. The zero-order chi connectivity index (χ0) is 8.97. The zero-order valence-corrected chi connectivity index (χ0v) is 7.08. The van der Waals surface area contributed by atoms with Gasteiger partial charge in [-0.15, -0.1) is 0 Å². The van der Waals surface area contributed by atoms with E-state index >= 15 is 0 Å². The molecule has 0 N–H and O–H groups in total. The molecule has 0 fully saturated rings. The van der Waals surface area contributed by atoms with E-state index in [-0.39, 0.29) is 5.75 Å². The maximum absolute atomic E-state index is 10.3. The largest absolute Gasteiger partial charge is 0.285 e. The summed E-state index contributed by atoms with van der Waals surface area (Å²) in [6, 6.07) is 6.38. The van der Waals surface area contributed by atoms with Crippen molar-refractivity contribution in [3.63, 3.8) is 0 Å². The van der Waals surface area contributed by atoms with Crippen LogP contribution in [0.2, 0.25) is 0 Å². The molecule has 0 spiro atoms. The number of hydrogen-bond donors (Lipinski definition) is 1. The molecule has 0 aliphatic carbocycles.